The van der Waals surface area contributed by atoms with Crippen LogP contribution in [0.15, 0.2) is 66.0 Å². The number of aliphatic carboxylic acids is 1. The van der Waals surface area contributed by atoms with Gasteiger partial charge in [0.2, 0.25) is 0 Å². The minimum atomic E-state index is -2.91. The summed E-state index contributed by atoms with van der Waals surface area (Å²) in [6.07, 6.45) is 12.8. The molecule has 2 atom stereocenters. The van der Waals surface area contributed by atoms with E-state index in [0.29, 0.717) is 25.0 Å². The van der Waals surface area contributed by atoms with Crippen molar-refractivity contribution in [3.05, 3.63) is 88.2 Å². The Morgan fingerprint density at radius 2 is 1.87 bits per heavy atom. The van der Waals surface area contributed by atoms with Crippen LogP contribution in [0.3, 0.4) is 0 Å². The number of hydrogen-bond acceptors (Lipinski definition) is 5. The number of aryl methyl sites for hydroxylation is 3. The van der Waals surface area contributed by atoms with E-state index in [-0.39, 0.29) is 29.4 Å². The fourth-order valence-electron chi connectivity index (χ4n) is 6.16. The molecule has 1 saturated heterocycles. The number of benzene rings is 2. The monoisotopic (exact) mass is 546 g/mol. The number of ether oxygens (including phenoxy) is 2. The summed E-state index contributed by atoms with van der Waals surface area (Å²) in [6, 6.07) is 10.9. The predicted octanol–water partition coefficient (Wildman–Crippen LogP) is 5.72. The van der Waals surface area contributed by atoms with Gasteiger partial charge in [-0.1, -0.05) is 24.3 Å². The lowest BCUT2D eigenvalue weighted by Gasteiger charge is -2.24. The number of carboxylic acids is 1. The molecule has 0 amide bonds. The molecular weight excluding hydrogens is 512 g/mol. The van der Waals surface area contributed by atoms with Crippen molar-refractivity contribution >= 4 is 15.8 Å². The minimum absolute atomic E-state index is 0.0500. The van der Waals surface area contributed by atoms with Crippen molar-refractivity contribution < 1.29 is 27.8 Å². The van der Waals surface area contributed by atoms with Gasteiger partial charge in [-0.25, -0.2) is 13.2 Å². The molecule has 0 aromatic heterocycles. The first-order valence-corrected chi connectivity index (χ1v) is 15.7. The Balaban J connectivity index is 1.14. The Labute approximate surface area is 230 Å². The third kappa shape index (κ3) is 5.69. The predicted molar refractivity (Wildman–Crippen MR) is 150 cm³/mol. The van der Waals surface area contributed by atoms with Gasteiger partial charge >= 0.3 is 5.97 Å². The van der Waals surface area contributed by atoms with Crippen molar-refractivity contribution in [1.82, 2.24) is 0 Å². The highest BCUT2D eigenvalue weighted by atomic mass is 32.2. The lowest BCUT2D eigenvalue weighted by molar-refractivity contribution is -0.132. The number of hydrogen-bond donors (Lipinski definition) is 1. The smallest absolute Gasteiger partial charge is 0.331 e. The quantitative estimate of drug-likeness (QED) is 0.478. The van der Waals surface area contributed by atoms with Crippen molar-refractivity contribution in [1.29, 1.82) is 0 Å². The molecular formula is C32H34O6S. The highest BCUT2D eigenvalue weighted by Crippen LogP contribution is 2.41. The van der Waals surface area contributed by atoms with Crippen molar-refractivity contribution in [2.45, 2.75) is 58.2 Å². The molecule has 0 spiro atoms. The zero-order valence-electron chi connectivity index (χ0n) is 22.2. The molecule has 6 nitrogen and oxygen atoms in total. The first-order valence-electron chi connectivity index (χ1n) is 13.8. The first kappa shape index (κ1) is 25.9. The van der Waals surface area contributed by atoms with Crippen molar-refractivity contribution in [3.63, 3.8) is 0 Å². The molecule has 1 unspecified atom stereocenters. The van der Waals surface area contributed by atoms with Gasteiger partial charge in [-0.3, -0.25) is 0 Å². The van der Waals surface area contributed by atoms with Crippen LogP contribution < -0.4 is 4.74 Å². The Morgan fingerprint density at radius 3 is 2.59 bits per heavy atom. The Bertz CT molecular complexity index is 1500. The van der Waals surface area contributed by atoms with Gasteiger partial charge in [0.1, 0.15) is 24.2 Å². The molecule has 1 fully saturated rings. The Morgan fingerprint density at radius 1 is 1.08 bits per heavy atom. The van der Waals surface area contributed by atoms with E-state index < -0.39 is 15.8 Å². The topological polar surface area (TPSA) is 89.9 Å². The maximum Gasteiger partial charge on any atom is 0.331 e. The van der Waals surface area contributed by atoms with E-state index in [9.17, 15) is 13.2 Å². The second kappa shape index (κ2) is 10.3. The highest BCUT2D eigenvalue weighted by Gasteiger charge is 2.36. The summed E-state index contributed by atoms with van der Waals surface area (Å²) in [5, 5.41) is 9.14. The Hall–Kier alpha value is -3.32. The molecule has 3 aliphatic carbocycles. The molecule has 2 aromatic rings. The van der Waals surface area contributed by atoms with Crippen molar-refractivity contribution in [3.8, 4) is 16.9 Å². The van der Waals surface area contributed by atoms with Crippen molar-refractivity contribution in [2.75, 3.05) is 11.5 Å². The first-order chi connectivity index (χ1) is 18.8. The lowest BCUT2D eigenvalue weighted by Crippen LogP contribution is -2.30. The minimum Gasteiger partial charge on any atom is -0.490 e. The summed E-state index contributed by atoms with van der Waals surface area (Å²) in [6.45, 7) is 2.60. The summed E-state index contributed by atoms with van der Waals surface area (Å²) >= 11 is 0. The summed E-state index contributed by atoms with van der Waals surface area (Å²) in [5.74, 6) is 1.51. The van der Waals surface area contributed by atoms with E-state index >= 15 is 0 Å². The fourth-order valence-corrected chi connectivity index (χ4v) is 7.61. The van der Waals surface area contributed by atoms with E-state index in [1.54, 1.807) is 0 Å². The fraction of sp³-hybridized carbons (Fsp3) is 0.406. The second-order valence-corrected chi connectivity index (χ2v) is 13.5. The lowest BCUT2D eigenvalue weighted by atomic mass is 9.91. The van der Waals surface area contributed by atoms with Gasteiger partial charge in [0, 0.05) is 11.5 Å². The van der Waals surface area contributed by atoms with Gasteiger partial charge in [0.15, 0.2) is 9.84 Å². The zero-order valence-corrected chi connectivity index (χ0v) is 23.0. The molecule has 1 N–H and O–H groups in total. The van der Waals surface area contributed by atoms with Crippen LogP contribution in [-0.2, 0) is 38.8 Å². The van der Waals surface area contributed by atoms with Crippen LogP contribution >= 0.6 is 0 Å². The molecule has 39 heavy (non-hydrogen) atoms. The van der Waals surface area contributed by atoms with E-state index in [2.05, 4.69) is 49.4 Å². The maximum atomic E-state index is 11.8. The van der Waals surface area contributed by atoms with Crippen LogP contribution in [0.5, 0.6) is 5.75 Å². The standard InChI is InChI=1S/C32H34O6S/c1-20-15-27(38-26-11-13-39(35,36)14-12-26)17-24-4-2-3-22-6-5-21(16-29(22)31(20)24)19-37-25-9-7-23(8-10-25)28-18-30(28)32(33)34/h5-7,9-10,15-18,23,26,28H,2-4,8,11-14,19H2,1H3,(H,33,34)/t23?,28-/m1/s1. The highest BCUT2D eigenvalue weighted by molar-refractivity contribution is 7.91. The molecule has 6 rings (SSSR count). The molecule has 0 saturated carbocycles. The average molecular weight is 547 g/mol. The van der Waals surface area contributed by atoms with Gasteiger partial charge in [-0.15, -0.1) is 0 Å². The van der Waals surface area contributed by atoms with Crippen LogP contribution in [-0.4, -0.2) is 37.1 Å². The molecule has 4 aliphatic rings. The number of carboxylic acid groups (broad SMARTS) is 1. The molecule has 1 aliphatic heterocycles. The van der Waals surface area contributed by atoms with E-state index in [1.807, 2.05) is 12.2 Å². The van der Waals surface area contributed by atoms with Crippen LogP contribution in [0, 0.1) is 18.8 Å². The summed E-state index contributed by atoms with van der Waals surface area (Å²) in [7, 11) is -2.91. The number of sulfone groups is 1. The number of fused-ring (bicyclic) bond motifs is 3. The van der Waals surface area contributed by atoms with E-state index in [4.69, 9.17) is 14.6 Å². The molecule has 0 bridgehead atoms. The average Bonchev–Trinajstić information content (AvgIpc) is 3.73. The second-order valence-electron chi connectivity index (χ2n) is 11.2. The van der Waals surface area contributed by atoms with Crippen LogP contribution in [0.25, 0.3) is 11.1 Å². The largest absolute Gasteiger partial charge is 0.490 e. The van der Waals surface area contributed by atoms with Crippen LogP contribution in [0.2, 0.25) is 0 Å². The molecule has 1 heterocycles. The third-order valence-corrected chi connectivity index (χ3v) is 10.1. The number of rotatable bonds is 7. The normalized spacial score (nSPS) is 23.5. The molecule has 204 valence electrons. The van der Waals surface area contributed by atoms with Crippen LogP contribution in [0.4, 0.5) is 0 Å². The van der Waals surface area contributed by atoms with Crippen molar-refractivity contribution in [2.24, 2.45) is 11.8 Å². The van der Waals surface area contributed by atoms with Gasteiger partial charge in [-0.05, 0) is 115 Å². The molecule has 2 aromatic carbocycles. The SMILES string of the molecule is Cc1cc(OC2CCS(=O)(=O)CC2)cc2c1-c1cc(COC3=CCC([C@H]4C=C4C(=O)O)C=C3)ccc1CCC2. The third-order valence-electron chi connectivity index (χ3n) is 8.35. The Kier molecular flexibility index (Phi) is 6.88. The zero-order chi connectivity index (χ0) is 27.1. The van der Waals surface area contributed by atoms with Gasteiger partial charge in [0.05, 0.1) is 11.5 Å². The molecule has 0 radical (unpaired) electrons. The number of carbonyl (C=O) groups is 1. The van der Waals surface area contributed by atoms with Gasteiger partial charge < -0.3 is 14.6 Å². The van der Waals surface area contributed by atoms with Gasteiger partial charge in [0.25, 0.3) is 0 Å². The van der Waals surface area contributed by atoms with E-state index in [1.165, 1.54) is 27.8 Å². The summed E-state index contributed by atoms with van der Waals surface area (Å²) in [4.78, 5) is 11.1. The van der Waals surface area contributed by atoms with Gasteiger partial charge in [-0.2, -0.15) is 0 Å². The maximum absolute atomic E-state index is 11.8. The number of allylic oxidation sites excluding steroid dienone is 4. The summed E-state index contributed by atoms with van der Waals surface area (Å²) in [5.41, 5.74) is 7.95. The molecule has 7 heteroatoms. The summed E-state index contributed by atoms with van der Waals surface area (Å²) < 4.78 is 36.0. The van der Waals surface area contributed by atoms with E-state index in [0.717, 1.165) is 42.8 Å². The van der Waals surface area contributed by atoms with Crippen LogP contribution in [0.1, 0.15) is 47.9 Å².